The number of likely N-dealkylation sites (N-methyl/N-ethyl adjacent to an activating group) is 1. The van der Waals surface area contributed by atoms with Crippen LogP contribution in [0.1, 0.15) is 61.1 Å². The summed E-state index contributed by atoms with van der Waals surface area (Å²) in [6, 6.07) is 5.28. The topological polar surface area (TPSA) is 107 Å². The summed E-state index contributed by atoms with van der Waals surface area (Å²) in [5.41, 5.74) is 0.761. The number of likely N-dealkylation sites (tertiary alicyclic amines) is 1. The van der Waals surface area contributed by atoms with Gasteiger partial charge in [-0.25, -0.2) is 0 Å². The molecule has 3 unspecified atom stereocenters. The molecule has 1 amide bonds. The van der Waals surface area contributed by atoms with Crippen molar-refractivity contribution in [2.75, 3.05) is 20.1 Å². The molecule has 3 saturated carbocycles. The van der Waals surface area contributed by atoms with E-state index in [4.69, 9.17) is 9.15 Å². The highest BCUT2D eigenvalue weighted by atomic mass is 16.5. The Hall–Kier alpha value is -2.55. The van der Waals surface area contributed by atoms with Gasteiger partial charge in [0.25, 0.3) is 0 Å². The highest BCUT2D eigenvalue weighted by Crippen LogP contribution is 2.66. The Morgan fingerprint density at radius 2 is 2.03 bits per heavy atom. The zero-order valence-electron chi connectivity index (χ0n) is 21.1. The number of phenolic OH excluding ortho intramolecular Hbond substituents is 1. The highest BCUT2D eigenvalue weighted by molar-refractivity contribution is 5.83. The fraction of sp³-hybridized carbons (Fsp3) is 0.621. The van der Waals surface area contributed by atoms with E-state index in [9.17, 15) is 20.1 Å². The molecule has 8 nitrogen and oxygen atoms in total. The Morgan fingerprint density at radius 3 is 2.78 bits per heavy atom. The molecule has 37 heavy (non-hydrogen) atoms. The van der Waals surface area contributed by atoms with E-state index in [2.05, 4.69) is 4.90 Å². The van der Waals surface area contributed by atoms with E-state index in [-0.39, 0.29) is 35.6 Å². The molecular weight excluding hydrogens is 472 g/mol. The van der Waals surface area contributed by atoms with Crippen molar-refractivity contribution in [1.29, 1.82) is 0 Å². The Morgan fingerprint density at radius 1 is 1.19 bits per heavy atom. The van der Waals surface area contributed by atoms with Crippen molar-refractivity contribution in [3.05, 3.63) is 47.4 Å². The number of carbonyl (C=O) groups excluding carboxylic acids is 1. The minimum atomic E-state index is -1.05. The van der Waals surface area contributed by atoms with Crippen LogP contribution in [0, 0.1) is 5.92 Å². The number of hydrogen-bond acceptors (Lipinski definition) is 7. The Kier molecular flexibility index (Phi) is 4.30. The van der Waals surface area contributed by atoms with Crippen molar-refractivity contribution in [1.82, 2.24) is 9.80 Å². The summed E-state index contributed by atoms with van der Waals surface area (Å²) < 4.78 is 11.9. The quantitative estimate of drug-likeness (QED) is 0.571. The maximum Gasteiger partial charge on any atom is 0.226 e. The van der Waals surface area contributed by atoms with Crippen molar-refractivity contribution >= 4 is 5.91 Å². The number of rotatable bonds is 5. The fourth-order valence-corrected chi connectivity index (χ4v) is 8.62. The number of benzene rings is 1. The molecule has 1 aromatic heterocycles. The van der Waals surface area contributed by atoms with Gasteiger partial charge in [-0.2, -0.15) is 0 Å². The maximum atomic E-state index is 13.7. The predicted molar refractivity (Wildman–Crippen MR) is 132 cm³/mol. The number of piperidine rings is 1. The molecule has 2 bridgehead atoms. The van der Waals surface area contributed by atoms with Crippen LogP contribution in [0.5, 0.6) is 11.5 Å². The molecule has 7 atom stereocenters. The van der Waals surface area contributed by atoms with Crippen LogP contribution in [-0.4, -0.2) is 80.6 Å². The second-order valence-corrected chi connectivity index (χ2v) is 12.6. The fourth-order valence-electron chi connectivity index (χ4n) is 8.62. The third-order valence-electron chi connectivity index (χ3n) is 10.8. The first-order valence-electron chi connectivity index (χ1n) is 13.8. The second kappa shape index (κ2) is 7.10. The molecule has 1 saturated heterocycles. The first-order valence-corrected chi connectivity index (χ1v) is 13.8. The van der Waals surface area contributed by atoms with Gasteiger partial charge in [-0.05, 0) is 80.7 Å². The molecule has 6 aliphatic rings. The number of carbonyl (C=O) groups is 1. The van der Waals surface area contributed by atoms with E-state index in [1.54, 1.807) is 18.6 Å². The van der Waals surface area contributed by atoms with E-state index in [1.165, 1.54) is 0 Å². The normalized spacial score (nSPS) is 40.0. The lowest BCUT2D eigenvalue weighted by Crippen LogP contribution is -2.78. The predicted octanol–water partition coefficient (Wildman–Crippen LogP) is 2.29. The third kappa shape index (κ3) is 2.81. The first kappa shape index (κ1) is 22.4. The van der Waals surface area contributed by atoms with Gasteiger partial charge in [0.05, 0.1) is 35.2 Å². The van der Waals surface area contributed by atoms with E-state index in [0.717, 1.165) is 42.5 Å². The van der Waals surface area contributed by atoms with Gasteiger partial charge >= 0.3 is 0 Å². The molecule has 2 aromatic rings. The summed E-state index contributed by atoms with van der Waals surface area (Å²) >= 11 is 0. The number of hydrogen-bond donors (Lipinski definition) is 3. The van der Waals surface area contributed by atoms with Crippen LogP contribution in [0.15, 0.2) is 35.1 Å². The van der Waals surface area contributed by atoms with Crippen molar-refractivity contribution in [2.24, 2.45) is 5.92 Å². The molecule has 4 aliphatic carbocycles. The molecule has 3 N–H and O–H groups in total. The van der Waals surface area contributed by atoms with Gasteiger partial charge in [0.2, 0.25) is 5.91 Å². The van der Waals surface area contributed by atoms with Crippen LogP contribution < -0.4 is 4.74 Å². The van der Waals surface area contributed by atoms with Gasteiger partial charge in [0.1, 0.15) is 6.10 Å². The summed E-state index contributed by atoms with van der Waals surface area (Å²) in [6.07, 6.45) is 7.93. The van der Waals surface area contributed by atoms with Crippen molar-refractivity contribution in [3.8, 4) is 11.5 Å². The Balaban J connectivity index is 1.16. The monoisotopic (exact) mass is 506 g/mol. The van der Waals surface area contributed by atoms with Gasteiger partial charge in [-0.3, -0.25) is 9.69 Å². The number of aromatic hydroxyl groups is 1. The summed E-state index contributed by atoms with van der Waals surface area (Å²) in [5, 5.41) is 34.2. The Labute approximate surface area is 215 Å². The summed E-state index contributed by atoms with van der Waals surface area (Å²) in [5.74, 6) is 0.842. The minimum Gasteiger partial charge on any atom is -0.504 e. The molecular formula is C29H34N2O6. The number of ether oxygens (including phenoxy) is 1. The van der Waals surface area contributed by atoms with Crippen LogP contribution in [0.3, 0.4) is 0 Å². The number of phenols is 1. The number of aliphatic hydroxyl groups is 2. The molecule has 4 fully saturated rings. The Bertz CT molecular complexity index is 1290. The van der Waals surface area contributed by atoms with Crippen LogP contribution >= 0.6 is 0 Å². The van der Waals surface area contributed by atoms with E-state index >= 15 is 0 Å². The van der Waals surface area contributed by atoms with Crippen LogP contribution in [-0.2, 0) is 16.6 Å². The summed E-state index contributed by atoms with van der Waals surface area (Å²) in [7, 11) is 1.88. The third-order valence-corrected chi connectivity index (χ3v) is 10.8. The molecule has 2 aliphatic heterocycles. The average Bonchev–Trinajstić information content (AvgIpc) is 3.71. The van der Waals surface area contributed by atoms with Crippen LogP contribution in [0.2, 0.25) is 0 Å². The average molecular weight is 507 g/mol. The molecule has 8 heteroatoms. The van der Waals surface area contributed by atoms with Gasteiger partial charge in [-0.15, -0.1) is 0 Å². The highest BCUT2D eigenvalue weighted by Gasteiger charge is 2.74. The number of amides is 1. The van der Waals surface area contributed by atoms with Crippen molar-refractivity contribution in [3.63, 3.8) is 0 Å². The van der Waals surface area contributed by atoms with E-state index in [0.29, 0.717) is 38.0 Å². The number of β-amino-alcohol motifs (C(OH)–C–C–N with tert-alkyl or cyclic N) is 1. The van der Waals surface area contributed by atoms with Gasteiger partial charge < -0.3 is 29.4 Å². The van der Waals surface area contributed by atoms with Gasteiger partial charge in [-0.1, -0.05) is 6.07 Å². The lowest BCUT2D eigenvalue weighted by atomic mass is 9.48. The van der Waals surface area contributed by atoms with Crippen LogP contribution in [0.4, 0.5) is 0 Å². The zero-order chi connectivity index (χ0) is 25.3. The number of nitrogens with zero attached hydrogens (tertiary/aromatic N) is 2. The molecule has 3 heterocycles. The zero-order valence-corrected chi connectivity index (χ0v) is 21.1. The van der Waals surface area contributed by atoms with Gasteiger partial charge in [0.15, 0.2) is 11.5 Å². The lowest BCUT2D eigenvalue weighted by molar-refractivity contribution is -0.203. The summed E-state index contributed by atoms with van der Waals surface area (Å²) in [6.45, 7) is 1.33. The maximum absolute atomic E-state index is 13.7. The van der Waals surface area contributed by atoms with Crippen molar-refractivity contribution < 1.29 is 29.3 Å². The molecule has 8 rings (SSSR count). The second-order valence-electron chi connectivity index (χ2n) is 12.6. The molecule has 1 aromatic carbocycles. The van der Waals surface area contributed by atoms with Crippen molar-refractivity contribution in [2.45, 2.75) is 85.7 Å². The van der Waals surface area contributed by atoms with E-state index in [1.807, 2.05) is 24.1 Å². The first-order chi connectivity index (χ1) is 17.8. The smallest absolute Gasteiger partial charge is 0.226 e. The summed E-state index contributed by atoms with van der Waals surface area (Å²) in [4.78, 5) is 17.8. The van der Waals surface area contributed by atoms with E-state index < -0.39 is 22.7 Å². The number of furan rings is 1. The van der Waals surface area contributed by atoms with Gasteiger partial charge in [0, 0.05) is 31.1 Å². The molecule has 0 radical (unpaired) electrons. The standard InChI is InChI=1S/C29H34N2O6/c1-30(26(33)19-13-18(19)17-5-11-36-14-17)20-4-6-29(35)22-12-16-2-3-21(32)24-23(16)28(29,25(20)37-24)9-10-31(22)15-27(34)7-8-27/h2-3,5,11,14,18-20,22,25,32,34-35H,4,6-10,12-13,15H2,1H3/t18?,19?,20?,22-,25+,28+,29-/m1/s1. The largest absolute Gasteiger partial charge is 0.504 e. The lowest BCUT2D eigenvalue weighted by Gasteiger charge is -2.64. The van der Waals surface area contributed by atoms with Crippen LogP contribution in [0.25, 0.3) is 0 Å². The molecule has 196 valence electrons. The molecule has 1 spiro atoms. The minimum absolute atomic E-state index is 0.0612. The SMILES string of the molecule is CN(C(=O)C1CC1c1ccoc1)C1CC[C@@]2(O)[C@H]3Cc4ccc(O)c5c4[C@@]2(CCN3CC2(O)CC2)[C@H]1O5.